The molecular weight excluding hydrogens is 385 g/mol. The normalized spacial score (nSPS) is 15.4. The first-order valence-electron chi connectivity index (χ1n) is 7.98. The number of rotatable bonds is 4. The van der Waals surface area contributed by atoms with E-state index in [2.05, 4.69) is 15.4 Å². The lowest BCUT2D eigenvalue weighted by Gasteiger charge is -2.14. The van der Waals surface area contributed by atoms with E-state index < -0.39 is 30.0 Å². The van der Waals surface area contributed by atoms with Crippen molar-refractivity contribution in [3.05, 3.63) is 58.4 Å². The van der Waals surface area contributed by atoms with Gasteiger partial charge in [-0.15, -0.1) is 0 Å². The van der Waals surface area contributed by atoms with Gasteiger partial charge in [-0.2, -0.15) is 8.78 Å². The molecule has 1 unspecified atom stereocenters. The van der Waals surface area contributed by atoms with Crippen molar-refractivity contribution in [1.29, 1.82) is 0 Å². The van der Waals surface area contributed by atoms with Crippen LogP contribution in [0.25, 0.3) is 0 Å². The van der Waals surface area contributed by atoms with Gasteiger partial charge in [-0.3, -0.25) is 9.59 Å². The molecule has 0 heterocycles. The highest BCUT2D eigenvalue weighted by molar-refractivity contribution is 6.39. The minimum Gasteiger partial charge on any atom is -0.432 e. The zero-order valence-corrected chi connectivity index (χ0v) is 14.5. The lowest BCUT2D eigenvalue weighted by Crippen LogP contribution is -2.37. The van der Waals surface area contributed by atoms with Crippen LogP contribution in [0.4, 0.5) is 18.9 Å². The first-order chi connectivity index (χ1) is 12.8. The Morgan fingerprint density at radius 3 is 2.67 bits per heavy atom. The van der Waals surface area contributed by atoms with E-state index >= 15 is 0 Å². The SMILES string of the molecule is O=C(Nc1ccc(OC(F)F)c(F)c1)C(=O)NC1CCc2c(Cl)cccc21. The first-order valence-corrected chi connectivity index (χ1v) is 8.36. The number of nitrogens with one attached hydrogen (secondary N) is 2. The maximum absolute atomic E-state index is 13.7. The summed E-state index contributed by atoms with van der Waals surface area (Å²) in [5, 5.41) is 5.43. The van der Waals surface area contributed by atoms with Crippen LogP contribution >= 0.6 is 11.6 Å². The highest BCUT2D eigenvalue weighted by atomic mass is 35.5. The molecule has 2 aromatic rings. The molecule has 27 heavy (non-hydrogen) atoms. The number of anilines is 1. The van der Waals surface area contributed by atoms with E-state index in [1.165, 1.54) is 0 Å². The number of carbonyl (C=O) groups is 2. The molecule has 0 radical (unpaired) electrons. The van der Waals surface area contributed by atoms with E-state index in [0.717, 1.165) is 29.3 Å². The monoisotopic (exact) mass is 398 g/mol. The van der Waals surface area contributed by atoms with Gasteiger partial charge in [0, 0.05) is 16.8 Å². The zero-order valence-electron chi connectivity index (χ0n) is 13.8. The Labute approximate surface area is 157 Å². The second kappa shape index (κ2) is 7.87. The number of alkyl halides is 2. The predicted octanol–water partition coefficient (Wildman–Crippen LogP) is 3.82. The third-order valence-electron chi connectivity index (χ3n) is 4.13. The quantitative estimate of drug-likeness (QED) is 0.769. The number of fused-ring (bicyclic) bond motifs is 1. The van der Waals surface area contributed by atoms with Crippen LogP contribution < -0.4 is 15.4 Å². The molecule has 0 spiro atoms. The van der Waals surface area contributed by atoms with Gasteiger partial charge in [0.05, 0.1) is 6.04 Å². The van der Waals surface area contributed by atoms with Crippen LogP contribution in [0.5, 0.6) is 5.75 Å². The van der Waals surface area contributed by atoms with Crippen LogP contribution in [0, 0.1) is 5.82 Å². The average Bonchev–Trinajstić information content (AvgIpc) is 3.01. The smallest absolute Gasteiger partial charge is 0.387 e. The third kappa shape index (κ3) is 4.33. The molecule has 5 nitrogen and oxygen atoms in total. The largest absolute Gasteiger partial charge is 0.432 e. The number of amides is 2. The Bertz CT molecular complexity index is 892. The van der Waals surface area contributed by atoms with Crippen LogP contribution in [0.15, 0.2) is 36.4 Å². The Morgan fingerprint density at radius 2 is 1.96 bits per heavy atom. The van der Waals surface area contributed by atoms with Crippen molar-refractivity contribution >= 4 is 29.1 Å². The summed E-state index contributed by atoms with van der Waals surface area (Å²) in [5.41, 5.74) is 1.72. The number of hydrogen-bond donors (Lipinski definition) is 2. The Balaban J connectivity index is 1.63. The second-order valence-corrected chi connectivity index (χ2v) is 6.26. The Kier molecular flexibility index (Phi) is 5.55. The van der Waals surface area contributed by atoms with Gasteiger partial charge in [0.1, 0.15) is 0 Å². The lowest BCUT2D eigenvalue weighted by atomic mass is 10.1. The molecule has 0 saturated heterocycles. The minimum absolute atomic E-state index is 0.0656. The Hall–Kier alpha value is -2.74. The summed E-state index contributed by atoms with van der Waals surface area (Å²) in [6.45, 7) is -3.17. The van der Waals surface area contributed by atoms with Crippen LogP contribution in [0.3, 0.4) is 0 Å². The van der Waals surface area contributed by atoms with E-state index in [1.807, 2.05) is 6.07 Å². The number of halogens is 4. The molecule has 0 aromatic heterocycles. The van der Waals surface area contributed by atoms with Gasteiger partial charge < -0.3 is 15.4 Å². The fourth-order valence-corrected chi connectivity index (χ4v) is 3.22. The summed E-state index contributed by atoms with van der Waals surface area (Å²) in [5.74, 6) is -3.66. The third-order valence-corrected chi connectivity index (χ3v) is 4.48. The van der Waals surface area contributed by atoms with Crippen molar-refractivity contribution in [2.75, 3.05) is 5.32 Å². The van der Waals surface area contributed by atoms with Crippen molar-refractivity contribution in [2.24, 2.45) is 0 Å². The molecule has 2 aromatic carbocycles. The molecule has 1 aliphatic carbocycles. The molecular formula is C18H14ClF3N2O3. The van der Waals surface area contributed by atoms with Crippen molar-refractivity contribution in [3.8, 4) is 5.75 Å². The lowest BCUT2D eigenvalue weighted by molar-refractivity contribution is -0.136. The molecule has 0 aliphatic heterocycles. The van der Waals surface area contributed by atoms with Gasteiger partial charge in [0.2, 0.25) is 0 Å². The molecule has 0 fully saturated rings. The molecule has 9 heteroatoms. The molecule has 0 saturated carbocycles. The van der Waals surface area contributed by atoms with E-state index in [0.29, 0.717) is 17.9 Å². The molecule has 1 aliphatic rings. The molecule has 2 amide bonds. The van der Waals surface area contributed by atoms with E-state index in [-0.39, 0.29) is 11.7 Å². The van der Waals surface area contributed by atoms with Crippen molar-refractivity contribution < 1.29 is 27.5 Å². The van der Waals surface area contributed by atoms with E-state index in [1.54, 1.807) is 12.1 Å². The van der Waals surface area contributed by atoms with Crippen molar-refractivity contribution in [3.63, 3.8) is 0 Å². The summed E-state index contributed by atoms with van der Waals surface area (Å²) >= 11 is 6.12. The van der Waals surface area contributed by atoms with Crippen LogP contribution in [-0.2, 0) is 16.0 Å². The maximum atomic E-state index is 13.7. The highest BCUT2D eigenvalue weighted by Gasteiger charge is 2.27. The summed E-state index contributed by atoms with van der Waals surface area (Å²) in [7, 11) is 0. The molecule has 0 bridgehead atoms. The molecule has 142 valence electrons. The van der Waals surface area contributed by atoms with Crippen molar-refractivity contribution in [1.82, 2.24) is 5.32 Å². The predicted molar refractivity (Wildman–Crippen MR) is 92.3 cm³/mol. The van der Waals surface area contributed by atoms with Gasteiger partial charge in [0.25, 0.3) is 0 Å². The number of hydrogen-bond acceptors (Lipinski definition) is 3. The maximum Gasteiger partial charge on any atom is 0.387 e. The summed E-state index contributed by atoms with van der Waals surface area (Å²) in [6.07, 6.45) is 1.28. The highest BCUT2D eigenvalue weighted by Crippen LogP contribution is 2.35. The zero-order chi connectivity index (χ0) is 19.6. The Morgan fingerprint density at radius 1 is 1.19 bits per heavy atom. The number of carbonyl (C=O) groups excluding carboxylic acids is 2. The number of ether oxygens (including phenoxy) is 1. The number of benzene rings is 2. The van der Waals surface area contributed by atoms with Gasteiger partial charge in [-0.25, -0.2) is 4.39 Å². The standard InChI is InChI=1S/C18H14ClF3N2O3/c19-12-3-1-2-11-10(12)5-6-14(11)24-17(26)16(25)23-9-4-7-15(13(20)8-9)27-18(21)22/h1-4,7-8,14,18H,5-6H2,(H,23,25)(H,24,26). The van der Waals surface area contributed by atoms with Crippen LogP contribution in [0.2, 0.25) is 5.02 Å². The van der Waals surface area contributed by atoms with Gasteiger partial charge in [-0.1, -0.05) is 23.7 Å². The van der Waals surface area contributed by atoms with Gasteiger partial charge in [0.15, 0.2) is 11.6 Å². The summed E-state index contributed by atoms with van der Waals surface area (Å²) < 4.78 is 41.9. The molecule has 3 rings (SSSR count). The van der Waals surface area contributed by atoms with Gasteiger partial charge >= 0.3 is 18.4 Å². The van der Waals surface area contributed by atoms with E-state index in [4.69, 9.17) is 11.6 Å². The van der Waals surface area contributed by atoms with Crippen molar-refractivity contribution in [2.45, 2.75) is 25.5 Å². The van der Waals surface area contributed by atoms with E-state index in [9.17, 15) is 22.8 Å². The van der Waals surface area contributed by atoms with Gasteiger partial charge in [-0.05, 0) is 42.2 Å². The average molecular weight is 399 g/mol. The topological polar surface area (TPSA) is 67.4 Å². The molecule has 1 atom stereocenters. The second-order valence-electron chi connectivity index (χ2n) is 5.85. The first kappa shape index (κ1) is 19.0. The fourth-order valence-electron chi connectivity index (χ4n) is 2.94. The van der Waals surface area contributed by atoms with Crippen LogP contribution in [-0.4, -0.2) is 18.4 Å². The summed E-state index contributed by atoms with van der Waals surface area (Å²) in [4.78, 5) is 24.2. The summed E-state index contributed by atoms with van der Waals surface area (Å²) in [6, 6.07) is 7.86. The van der Waals surface area contributed by atoms with Crippen LogP contribution in [0.1, 0.15) is 23.6 Å². The fraction of sp³-hybridized carbons (Fsp3) is 0.222. The minimum atomic E-state index is -3.17. The molecule has 2 N–H and O–H groups in total.